The van der Waals surface area contributed by atoms with Gasteiger partial charge in [-0.3, -0.25) is 9.59 Å². The normalized spacial score (nSPS) is 28.1. The minimum absolute atomic E-state index is 0.00532. The van der Waals surface area contributed by atoms with E-state index in [0.717, 1.165) is 17.7 Å². The first-order chi connectivity index (χ1) is 10.1. The molecule has 21 heavy (non-hydrogen) atoms. The molecule has 112 valence electrons. The predicted octanol–water partition coefficient (Wildman–Crippen LogP) is 1.64. The third kappa shape index (κ3) is 2.26. The highest BCUT2D eigenvalue weighted by atomic mass is 16.5. The number of para-hydroxylation sites is 1. The van der Waals surface area contributed by atoms with Gasteiger partial charge in [0, 0.05) is 5.56 Å². The zero-order valence-electron chi connectivity index (χ0n) is 12.3. The average Bonchev–Trinajstić information content (AvgIpc) is 2.89. The van der Waals surface area contributed by atoms with Crippen molar-refractivity contribution in [1.82, 2.24) is 10.2 Å². The van der Waals surface area contributed by atoms with Gasteiger partial charge >= 0.3 is 0 Å². The Kier molecular flexibility index (Phi) is 3.57. The summed E-state index contributed by atoms with van der Waals surface area (Å²) in [5.41, 5.74) is 0.989. The number of nitrogens with one attached hydrogen (secondary N) is 1. The maximum absolute atomic E-state index is 12.7. The van der Waals surface area contributed by atoms with Crippen molar-refractivity contribution < 1.29 is 14.3 Å². The van der Waals surface area contributed by atoms with Gasteiger partial charge in [-0.25, -0.2) is 0 Å². The van der Waals surface area contributed by atoms with Gasteiger partial charge in [-0.1, -0.05) is 31.5 Å². The molecule has 2 aliphatic heterocycles. The number of hydrogen-bond acceptors (Lipinski definition) is 3. The van der Waals surface area contributed by atoms with Gasteiger partial charge in [-0.15, -0.1) is 0 Å². The Hall–Kier alpha value is -2.04. The summed E-state index contributed by atoms with van der Waals surface area (Å²) >= 11 is 0. The van der Waals surface area contributed by atoms with Crippen LogP contribution in [0.2, 0.25) is 0 Å². The topological polar surface area (TPSA) is 58.6 Å². The Labute approximate surface area is 124 Å². The van der Waals surface area contributed by atoms with Crippen LogP contribution in [-0.4, -0.2) is 35.4 Å². The summed E-state index contributed by atoms with van der Waals surface area (Å²) in [6.07, 6.45) is 1.53. The lowest BCUT2D eigenvalue weighted by atomic mass is 9.99. The molecule has 1 saturated heterocycles. The Bertz CT molecular complexity index is 572. The molecule has 2 aliphatic rings. The van der Waals surface area contributed by atoms with Crippen molar-refractivity contribution in [2.75, 3.05) is 6.61 Å². The van der Waals surface area contributed by atoms with Crippen LogP contribution in [0.5, 0.6) is 5.75 Å². The van der Waals surface area contributed by atoms with E-state index in [-0.39, 0.29) is 17.9 Å². The van der Waals surface area contributed by atoms with Gasteiger partial charge < -0.3 is 15.0 Å². The molecule has 0 aromatic heterocycles. The second-order valence-corrected chi connectivity index (χ2v) is 5.64. The average molecular weight is 288 g/mol. The number of carbonyl (C=O) groups excluding carboxylic acids is 2. The van der Waals surface area contributed by atoms with E-state index in [9.17, 15) is 9.59 Å². The molecule has 0 spiro atoms. The molecule has 3 rings (SSSR count). The van der Waals surface area contributed by atoms with Gasteiger partial charge in [0.2, 0.25) is 11.8 Å². The van der Waals surface area contributed by atoms with Crippen molar-refractivity contribution in [3.63, 3.8) is 0 Å². The lowest BCUT2D eigenvalue weighted by Crippen LogP contribution is -2.63. The van der Waals surface area contributed by atoms with E-state index >= 15 is 0 Å². The van der Waals surface area contributed by atoms with Crippen LogP contribution in [0.1, 0.15) is 38.3 Å². The van der Waals surface area contributed by atoms with Gasteiger partial charge in [-0.2, -0.15) is 0 Å². The summed E-state index contributed by atoms with van der Waals surface area (Å²) in [7, 11) is 0. The van der Waals surface area contributed by atoms with Crippen LogP contribution in [0.25, 0.3) is 0 Å². The van der Waals surface area contributed by atoms with E-state index < -0.39 is 12.1 Å². The summed E-state index contributed by atoms with van der Waals surface area (Å²) < 4.78 is 5.67. The first-order valence-electron chi connectivity index (χ1n) is 7.47. The molecule has 1 aromatic rings. The molecule has 2 amide bonds. The standard InChI is InChI=1S/C16H20N2O3/c1-3-6-12-16(20)18(10(2)15(19)17-12)13-9-21-14-8-5-4-7-11(13)14/h4-5,7-8,10,12-13H,3,6,9H2,1-2H3,(H,17,19). The van der Waals surface area contributed by atoms with E-state index in [0.29, 0.717) is 13.0 Å². The first kappa shape index (κ1) is 13.9. The summed E-state index contributed by atoms with van der Waals surface area (Å²) in [6.45, 7) is 4.20. The third-order valence-corrected chi connectivity index (χ3v) is 4.25. The molecule has 0 aliphatic carbocycles. The molecular weight excluding hydrogens is 268 g/mol. The summed E-state index contributed by atoms with van der Waals surface area (Å²) in [5.74, 6) is 0.715. The van der Waals surface area contributed by atoms with Crippen molar-refractivity contribution in [3.8, 4) is 5.75 Å². The van der Waals surface area contributed by atoms with Crippen LogP contribution in [0.15, 0.2) is 24.3 Å². The number of benzene rings is 1. The third-order valence-electron chi connectivity index (χ3n) is 4.25. The van der Waals surface area contributed by atoms with E-state index in [4.69, 9.17) is 4.74 Å². The number of carbonyl (C=O) groups is 2. The summed E-state index contributed by atoms with van der Waals surface area (Å²) in [5, 5.41) is 2.82. The van der Waals surface area contributed by atoms with Crippen LogP contribution in [-0.2, 0) is 9.59 Å². The molecule has 1 aromatic carbocycles. The highest BCUT2D eigenvalue weighted by Gasteiger charge is 2.44. The number of rotatable bonds is 3. The van der Waals surface area contributed by atoms with Gasteiger partial charge in [0.05, 0.1) is 6.04 Å². The number of nitrogens with zero attached hydrogens (tertiary/aromatic N) is 1. The van der Waals surface area contributed by atoms with E-state index in [1.165, 1.54) is 0 Å². The van der Waals surface area contributed by atoms with Crippen LogP contribution >= 0.6 is 0 Å². The Balaban J connectivity index is 1.92. The number of hydrogen-bond donors (Lipinski definition) is 1. The molecule has 1 N–H and O–H groups in total. The number of fused-ring (bicyclic) bond motifs is 1. The number of ether oxygens (including phenoxy) is 1. The lowest BCUT2D eigenvalue weighted by Gasteiger charge is -2.40. The maximum atomic E-state index is 12.7. The molecule has 0 radical (unpaired) electrons. The largest absolute Gasteiger partial charge is 0.491 e. The molecule has 3 unspecified atom stereocenters. The second-order valence-electron chi connectivity index (χ2n) is 5.64. The monoisotopic (exact) mass is 288 g/mol. The minimum atomic E-state index is -0.467. The fourth-order valence-electron chi connectivity index (χ4n) is 3.13. The fourth-order valence-corrected chi connectivity index (χ4v) is 3.13. The molecule has 0 bridgehead atoms. The predicted molar refractivity (Wildman–Crippen MR) is 77.8 cm³/mol. The molecule has 5 nitrogen and oxygen atoms in total. The molecular formula is C16H20N2O3. The lowest BCUT2D eigenvalue weighted by molar-refractivity contribution is -0.152. The highest BCUT2D eigenvalue weighted by Crippen LogP contribution is 2.38. The van der Waals surface area contributed by atoms with Crippen LogP contribution in [0, 0.1) is 0 Å². The molecule has 1 fully saturated rings. The second kappa shape index (κ2) is 5.39. The van der Waals surface area contributed by atoms with Gasteiger partial charge in [0.25, 0.3) is 0 Å². The van der Waals surface area contributed by atoms with Crippen molar-refractivity contribution in [2.24, 2.45) is 0 Å². The zero-order chi connectivity index (χ0) is 15.0. The number of amides is 2. The Morgan fingerprint density at radius 1 is 1.33 bits per heavy atom. The smallest absolute Gasteiger partial charge is 0.246 e. The molecule has 0 saturated carbocycles. The van der Waals surface area contributed by atoms with E-state index in [1.807, 2.05) is 31.2 Å². The molecule has 2 heterocycles. The van der Waals surface area contributed by atoms with E-state index in [1.54, 1.807) is 11.8 Å². The van der Waals surface area contributed by atoms with Crippen molar-refractivity contribution in [2.45, 2.75) is 44.8 Å². The highest BCUT2D eigenvalue weighted by molar-refractivity contribution is 5.97. The van der Waals surface area contributed by atoms with Gasteiger partial charge in [0.15, 0.2) is 0 Å². The van der Waals surface area contributed by atoms with Crippen LogP contribution in [0.4, 0.5) is 0 Å². The molecule has 5 heteroatoms. The zero-order valence-corrected chi connectivity index (χ0v) is 12.3. The maximum Gasteiger partial charge on any atom is 0.246 e. The molecule has 3 atom stereocenters. The van der Waals surface area contributed by atoms with Gasteiger partial charge in [-0.05, 0) is 19.4 Å². The summed E-state index contributed by atoms with van der Waals surface area (Å²) in [4.78, 5) is 26.6. The summed E-state index contributed by atoms with van der Waals surface area (Å²) in [6, 6.07) is 6.66. The number of piperazine rings is 1. The van der Waals surface area contributed by atoms with Crippen molar-refractivity contribution in [1.29, 1.82) is 0 Å². The van der Waals surface area contributed by atoms with Crippen LogP contribution < -0.4 is 10.1 Å². The van der Waals surface area contributed by atoms with Gasteiger partial charge in [0.1, 0.15) is 24.4 Å². The SMILES string of the molecule is CCCC1NC(=O)C(C)N(C2COc3ccccc32)C1=O. The van der Waals surface area contributed by atoms with E-state index in [2.05, 4.69) is 5.32 Å². The quantitative estimate of drug-likeness (QED) is 0.920. The Morgan fingerprint density at radius 2 is 2.10 bits per heavy atom. The fraction of sp³-hybridized carbons (Fsp3) is 0.500. The minimum Gasteiger partial charge on any atom is -0.491 e. The van der Waals surface area contributed by atoms with Crippen molar-refractivity contribution >= 4 is 11.8 Å². The first-order valence-corrected chi connectivity index (χ1v) is 7.47. The van der Waals surface area contributed by atoms with Crippen molar-refractivity contribution in [3.05, 3.63) is 29.8 Å². The van der Waals surface area contributed by atoms with Crippen LogP contribution in [0.3, 0.4) is 0 Å². The Morgan fingerprint density at radius 3 is 2.86 bits per heavy atom.